The first-order chi connectivity index (χ1) is 57.5. The van der Waals surface area contributed by atoms with E-state index in [1.54, 1.807) is 0 Å². The van der Waals surface area contributed by atoms with Gasteiger partial charge in [0, 0.05) is 65.8 Å². The molecule has 0 bridgehead atoms. The number of fused-ring (bicyclic) bond motifs is 18. The maximum absolute atomic E-state index is 2.49. The molecule has 4 heteroatoms. The molecule has 0 saturated heterocycles. The second-order valence-electron chi connectivity index (χ2n) is 31.0. The third kappa shape index (κ3) is 10.3. The average molecular weight is 1470 g/mol. The van der Waals surface area contributed by atoms with Gasteiger partial charge in [0.05, 0.1) is 44.1 Å². The smallest absolute Gasteiger partial charge is 0.0547 e. The molecule has 24 rings (SSSR count). The lowest BCUT2D eigenvalue weighted by Crippen LogP contribution is -1.96. The molecule has 116 heavy (non-hydrogen) atoms. The van der Waals surface area contributed by atoms with E-state index in [4.69, 9.17) is 0 Å². The molecular weight excluding hydrogens is 1400 g/mol. The Kier molecular flexibility index (Phi) is 14.7. The number of aromatic nitrogens is 4. The van der Waals surface area contributed by atoms with Gasteiger partial charge in [-0.2, -0.15) is 0 Å². The van der Waals surface area contributed by atoms with Gasteiger partial charge < -0.3 is 18.3 Å². The van der Waals surface area contributed by atoms with Crippen molar-refractivity contribution < 1.29 is 0 Å². The van der Waals surface area contributed by atoms with Crippen molar-refractivity contribution in [1.29, 1.82) is 0 Å². The molecule has 0 aliphatic carbocycles. The van der Waals surface area contributed by atoms with Crippen LogP contribution in [0.2, 0.25) is 0 Å². The molecular formula is C112H70N4. The average Bonchev–Trinajstić information content (AvgIpc) is 1.58. The maximum Gasteiger partial charge on any atom is 0.0547 e. The number of hydrogen-bond donors (Lipinski definition) is 0. The van der Waals surface area contributed by atoms with Gasteiger partial charge in [-0.25, -0.2) is 0 Å². The Morgan fingerprint density at radius 3 is 0.931 bits per heavy atom. The van der Waals surface area contributed by atoms with Gasteiger partial charge in [0.25, 0.3) is 0 Å². The summed E-state index contributed by atoms with van der Waals surface area (Å²) in [5.74, 6) is 0. The van der Waals surface area contributed by atoms with E-state index in [-0.39, 0.29) is 0 Å². The summed E-state index contributed by atoms with van der Waals surface area (Å²) < 4.78 is 9.87. The summed E-state index contributed by atoms with van der Waals surface area (Å²) >= 11 is 0. The second-order valence-corrected chi connectivity index (χ2v) is 31.0. The second kappa shape index (κ2) is 26.1. The van der Waals surface area contributed by atoms with E-state index < -0.39 is 0 Å². The summed E-state index contributed by atoms with van der Waals surface area (Å²) in [5.41, 5.74) is 30.4. The van der Waals surface area contributed by atoms with Crippen molar-refractivity contribution >= 4 is 130 Å². The fourth-order valence-electron chi connectivity index (χ4n) is 19.3. The third-order valence-electron chi connectivity index (χ3n) is 24.7. The Balaban J connectivity index is 0.598. The van der Waals surface area contributed by atoms with Crippen LogP contribution in [0.4, 0.5) is 0 Å². The Morgan fingerprint density at radius 1 is 0.121 bits per heavy atom. The summed E-state index contributed by atoms with van der Waals surface area (Å²) in [6.07, 6.45) is 0. The summed E-state index contributed by atoms with van der Waals surface area (Å²) in [6, 6.07) is 158. The number of para-hydroxylation sites is 1. The van der Waals surface area contributed by atoms with Crippen molar-refractivity contribution in [3.05, 3.63) is 425 Å². The van der Waals surface area contributed by atoms with Crippen molar-refractivity contribution in [1.82, 2.24) is 18.3 Å². The SMILES string of the molecule is c1ccc(-c2ccc3c(c2)c2ccccc2n3-c2cccc(-c3cccc(-n4c5ccc(-c6ccccc6)cc5c5ccc(-c6ccc(-c7ccc8c9c%10ccccc%10ccc9n(-c9ccc(-c%10ccc(-n%11c%12cc(-c%13cccc%14ccccc%13%14)ccc%12c%12c%13ccccc%13ccc%12%11)cc%10)cc9)c8c7)c7ccccc67)cc54)c3)c2)cc1. The Labute approximate surface area is 669 Å². The standard InChI is InChI=1S/C112H70N4/c1-3-20-71(21-4-1)80-49-60-104-101(66-80)97-37-15-16-39-103(97)115(104)87-30-17-28-78(64-87)79-29-18-31-88(65-79)116-105-61-50-81(72-22-5-2-6-23-72)67-102(105)98-55-44-83(68-108(98)116)91-58-59-92(96-36-14-13-35-95(91)96)84-46-57-100-110(70-84)114(107-63-48-77-26-9-12-34-94(77)112(100)107)86-53-42-74(43-54-86)73-40-51-85(52-41-73)113-106-62-47-76-25-8-11-33-93(76)111(106)99-56-45-82(69-109(99)113)90-38-19-27-75-24-7-10-32-89(75)90/h1-70H. The highest BCUT2D eigenvalue weighted by molar-refractivity contribution is 6.24. The van der Waals surface area contributed by atoms with Gasteiger partial charge >= 0.3 is 0 Å². The van der Waals surface area contributed by atoms with Crippen LogP contribution in [0.5, 0.6) is 0 Å². The zero-order valence-corrected chi connectivity index (χ0v) is 63.2. The van der Waals surface area contributed by atoms with E-state index in [0.717, 1.165) is 72.7 Å². The molecule has 0 unspecified atom stereocenters. The van der Waals surface area contributed by atoms with E-state index in [2.05, 4.69) is 443 Å². The van der Waals surface area contributed by atoms with Crippen LogP contribution in [0.15, 0.2) is 425 Å². The van der Waals surface area contributed by atoms with Crippen LogP contribution < -0.4 is 0 Å². The monoisotopic (exact) mass is 1470 g/mol. The highest BCUT2D eigenvalue weighted by Gasteiger charge is 2.23. The van der Waals surface area contributed by atoms with Crippen LogP contribution in [0.25, 0.3) is 231 Å². The Morgan fingerprint density at radius 2 is 0.431 bits per heavy atom. The summed E-state index contributed by atoms with van der Waals surface area (Å²) in [6.45, 7) is 0. The third-order valence-corrected chi connectivity index (χ3v) is 24.7. The van der Waals surface area contributed by atoms with E-state index in [9.17, 15) is 0 Å². The number of hydrogen-bond acceptors (Lipinski definition) is 0. The minimum atomic E-state index is 1.10. The molecule has 0 saturated carbocycles. The van der Waals surface area contributed by atoms with Crippen molar-refractivity contribution in [2.45, 2.75) is 0 Å². The fraction of sp³-hybridized carbons (Fsp3) is 0. The van der Waals surface area contributed by atoms with Crippen LogP contribution in [0.1, 0.15) is 0 Å². The van der Waals surface area contributed by atoms with Crippen LogP contribution >= 0.6 is 0 Å². The lowest BCUT2D eigenvalue weighted by atomic mass is 9.91. The zero-order chi connectivity index (χ0) is 76.1. The molecule has 0 radical (unpaired) electrons. The number of rotatable bonds is 11. The molecule has 0 fully saturated rings. The van der Waals surface area contributed by atoms with E-state index >= 15 is 0 Å². The molecule has 20 aromatic carbocycles. The van der Waals surface area contributed by atoms with Crippen LogP contribution in [-0.2, 0) is 0 Å². The van der Waals surface area contributed by atoms with Gasteiger partial charge in [0.1, 0.15) is 0 Å². The highest BCUT2D eigenvalue weighted by Crippen LogP contribution is 2.47. The highest BCUT2D eigenvalue weighted by atomic mass is 15.0. The first-order valence-electron chi connectivity index (χ1n) is 40.1. The predicted octanol–water partition coefficient (Wildman–Crippen LogP) is 30.4. The van der Waals surface area contributed by atoms with Crippen molar-refractivity contribution in [2.24, 2.45) is 0 Å². The molecule has 0 atom stereocenters. The fourth-order valence-corrected chi connectivity index (χ4v) is 19.3. The van der Waals surface area contributed by atoms with Gasteiger partial charge in [-0.3, -0.25) is 0 Å². The van der Waals surface area contributed by atoms with E-state index in [0.29, 0.717) is 0 Å². The quantitative estimate of drug-likeness (QED) is 0.123. The molecule has 538 valence electrons. The molecule has 0 spiro atoms. The molecule has 24 aromatic rings. The Bertz CT molecular complexity index is 8170. The van der Waals surface area contributed by atoms with Crippen LogP contribution in [0, 0.1) is 0 Å². The first-order valence-corrected chi connectivity index (χ1v) is 40.1. The van der Waals surface area contributed by atoms with Crippen molar-refractivity contribution in [3.8, 4) is 101 Å². The van der Waals surface area contributed by atoms with Crippen LogP contribution in [-0.4, -0.2) is 18.3 Å². The normalized spacial score (nSPS) is 12.0. The largest absolute Gasteiger partial charge is 0.309 e. The molecule has 4 nitrogen and oxygen atoms in total. The van der Waals surface area contributed by atoms with Crippen molar-refractivity contribution in [3.63, 3.8) is 0 Å². The first kappa shape index (κ1) is 65.4. The van der Waals surface area contributed by atoms with Gasteiger partial charge in [0.15, 0.2) is 0 Å². The topological polar surface area (TPSA) is 19.7 Å². The summed E-state index contributed by atoms with van der Waals surface area (Å²) in [7, 11) is 0. The van der Waals surface area contributed by atoms with E-state index in [1.165, 1.54) is 158 Å². The minimum Gasteiger partial charge on any atom is -0.309 e. The van der Waals surface area contributed by atoms with Crippen molar-refractivity contribution in [2.75, 3.05) is 0 Å². The van der Waals surface area contributed by atoms with Gasteiger partial charge in [0.2, 0.25) is 0 Å². The summed E-state index contributed by atoms with van der Waals surface area (Å²) in [5, 5.41) is 19.7. The molecule has 0 aliphatic heterocycles. The van der Waals surface area contributed by atoms with E-state index in [1.807, 2.05) is 0 Å². The lowest BCUT2D eigenvalue weighted by Gasteiger charge is -2.15. The molecule has 0 aliphatic rings. The lowest BCUT2D eigenvalue weighted by molar-refractivity contribution is 1.17. The predicted molar refractivity (Wildman–Crippen MR) is 492 cm³/mol. The van der Waals surface area contributed by atoms with Gasteiger partial charge in [-0.15, -0.1) is 0 Å². The van der Waals surface area contributed by atoms with Gasteiger partial charge in [-0.1, -0.05) is 315 Å². The molecule has 4 heterocycles. The zero-order valence-electron chi connectivity index (χ0n) is 63.2. The van der Waals surface area contributed by atoms with Crippen LogP contribution in [0.3, 0.4) is 0 Å². The number of benzene rings is 20. The number of nitrogens with zero attached hydrogens (tertiary/aromatic N) is 4. The maximum atomic E-state index is 2.49. The molecule has 4 aromatic heterocycles. The van der Waals surface area contributed by atoms with Gasteiger partial charge in [-0.05, 0) is 230 Å². The molecule has 0 amide bonds. The minimum absolute atomic E-state index is 1.10. The Hall–Kier alpha value is -15.4. The molecule has 0 N–H and O–H groups in total. The summed E-state index contributed by atoms with van der Waals surface area (Å²) in [4.78, 5) is 0.